The first-order valence-corrected chi connectivity index (χ1v) is 7.10. The Bertz CT molecular complexity index is 466. The minimum Gasteiger partial charge on any atom is -0.398 e. The van der Waals surface area contributed by atoms with Crippen LogP contribution in [0.1, 0.15) is 4.88 Å². The highest BCUT2D eigenvalue weighted by Gasteiger charge is 2.02. The summed E-state index contributed by atoms with van der Waals surface area (Å²) >= 11 is 3.43. The van der Waals surface area contributed by atoms with Crippen LogP contribution in [0.15, 0.2) is 40.6 Å². The van der Waals surface area contributed by atoms with Crippen molar-refractivity contribution in [1.82, 2.24) is 0 Å². The molecule has 2 aromatic rings. The molecule has 0 bridgehead atoms. The highest BCUT2D eigenvalue weighted by molar-refractivity contribution is 7.98. The van der Waals surface area contributed by atoms with Gasteiger partial charge in [-0.15, -0.1) is 23.1 Å². The number of rotatable bonds is 4. The maximum atomic E-state index is 5.84. The van der Waals surface area contributed by atoms with Crippen molar-refractivity contribution in [3.63, 3.8) is 0 Å². The summed E-state index contributed by atoms with van der Waals surface area (Å²) < 4.78 is 0. The molecule has 84 valence electrons. The predicted octanol–water partition coefficient (Wildman–Crippen LogP) is 3.66. The summed E-state index contributed by atoms with van der Waals surface area (Å²) in [5.41, 5.74) is 7.88. The van der Waals surface area contributed by atoms with Gasteiger partial charge in [0, 0.05) is 21.1 Å². The molecule has 0 saturated heterocycles. The van der Waals surface area contributed by atoms with Crippen molar-refractivity contribution >= 4 is 34.5 Å². The Morgan fingerprint density at radius 1 is 1.31 bits per heavy atom. The molecule has 0 atom stereocenters. The second kappa shape index (κ2) is 5.27. The number of para-hydroxylation sites is 1. The monoisotopic (exact) mass is 250 g/mol. The molecule has 0 aliphatic rings. The van der Waals surface area contributed by atoms with Gasteiger partial charge in [0.25, 0.3) is 0 Å². The molecule has 0 radical (unpaired) electrons. The first-order valence-electron chi connectivity index (χ1n) is 5.00. The van der Waals surface area contributed by atoms with E-state index in [1.165, 1.54) is 15.5 Å². The lowest BCUT2D eigenvalue weighted by atomic mass is 10.3. The van der Waals surface area contributed by atoms with Crippen LogP contribution in [-0.4, -0.2) is 6.26 Å². The molecule has 0 unspecified atom stereocenters. The van der Waals surface area contributed by atoms with Gasteiger partial charge in [-0.3, -0.25) is 0 Å². The standard InChI is InChI=1S/C12H14N2S2/c1-15-11-5-3-2-4-10(11)14-8-12-9(13)6-7-16-12/h2-7,14H,8,13H2,1H3. The summed E-state index contributed by atoms with van der Waals surface area (Å²) in [5.74, 6) is 0. The topological polar surface area (TPSA) is 38.0 Å². The first-order chi connectivity index (χ1) is 7.81. The van der Waals surface area contributed by atoms with Crippen LogP contribution in [0.2, 0.25) is 0 Å². The van der Waals surface area contributed by atoms with Gasteiger partial charge in [-0.25, -0.2) is 0 Å². The largest absolute Gasteiger partial charge is 0.398 e. The highest BCUT2D eigenvalue weighted by Crippen LogP contribution is 2.26. The Balaban J connectivity index is 2.07. The zero-order valence-electron chi connectivity index (χ0n) is 9.07. The van der Waals surface area contributed by atoms with E-state index in [0.717, 1.165) is 12.2 Å². The van der Waals surface area contributed by atoms with Gasteiger partial charge in [0.05, 0.1) is 6.54 Å². The normalized spacial score (nSPS) is 10.3. The van der Waals surface area contributed by atoms with Crippen molar-refractivity contribution in [3.05, 3.63) is 40.6 Å². The second-order valence-corrected chi connectivity index (χ2v) is 5.20. The predicted molar refractivity (Wildman–Crippen MR) is 74.3 cm³/mol. The summed E-state index contributed by atoms with van der Waals surface area (Å²) in [7, 11) is 0. The zero-order chi connectivity index (χ0) is 11.4. The van der Waals surface area contributed by atoms with Crippen LogP contribution in [0.4, 0.5) is 11.4 Å². The van der Waals surface area contributed by atoms with E-state index in [4.69, 9.17) is 5.73 Å². The molecule has 0 aliphatic heterocycles. The highest BCUT2D eigenvalue weighted by atomic mass is 32.2. The number of anilines is 2. The number of nitrogens with one attached hydrogen (secondary N) is 1. The summed E-state index contributed by atoms with van der Waals surface area (Å²) in [4.78, 5) is 2.45. The Labute approximate surface area is 104 Å². The maximum Gasteiger partial charge on any atom is 0.0515 e. The molecule has 4 heteroatoms. The molecule has 0 saturated carbocycles. The van der Waals surface area contributed by atoms with Crippen molar-refractivity contribution in [3.8, 4) is 0 Å². The van der Waals surface area contributed by atoms with Gasteiger partial charge in [0.2, 0.25) is 0 Å². The van der Waals surface area contributed by atoms with Gasteiger partial charge < -0.3 is 11.1 Å². The molecule has 2 nitrogen and oxygen atoms in total. The molecule has 0 fully saturated rings. The number of nitrogens with two attached hydrogens (primary N) is 1. The van der Waals surface area contributed by atoms with Gasteiger partial charge in [-0.2, -0.15) is 0 Å². The number of thiophene rings is 1. The van der Waals surface area contributed by atoms with E-state index in [1.54, 1.807) is 23.1 Å². The van der Waals surface area contributed by atoms with E-state index >= 15 is 0 Å². The van der Waals surface area contributed by atoms with Gasteiger partial charge in [0.1, 0.15) is 0 Å². The van der Waals surface area contributed by atoms with Crippen LogP contribution in [0.3, 0.4) is 0 Å². The Morgan fingerprint density at radius 2 is 2.12 bits per heavy atom. The van der Waals surface area contributed by atoms with Crippen molar-refractivity contribution in [2.24, 2.45) is 0 Å². The third-order valence-electron chi connectivity index (χ3n) is 2.33. The molecule has 1 aromatic heterocycles. The third kappa shape index (κ3) is 2.51. The summed E-state index contributed by atoms with van der Waals surface area (Å²) in [6.45, 7) is 0.793. The number of hydrogen-bond acceptors (Lipinski definition) is 4. The van der Waals surface area contributed by atoms with E-state index < -0.39 is 0 Å². The second-order valence-electron chi connectivity index (χ2n) is 3.35. The fraction of sp³-hybridized carbons (Fsp3) is 0.167. The fourth-order valence-electron chi connectivity index (χ4n) is 1.46. The number of thioether (sulfide) groups is 1. The van der Waals surface area contributed by atoms with E-state index in [-0.39, 0.29) is 0 Å². The lowest BCUT2D eigenvalue weighted by molar-refractivity contribution is 1.17. The SMILES string of the molecule is CSc1ccccc1NCc1sccc1N. The molecule has 0 aliphatic carbocycles. The van der Waals surface area contributed by atoms with E-state index in [0.29, 0.717) is 0 Å². The summed E-state index contributed by atoms with van der Waals surface area (Å²) in [6, 6.07) is 10.2. The molecule has 2 rings (SSSR count). The van der Waals surface area contributed by atoms with Crippen LogP contribution < -0.4 is 11.1 Å². The molecule has 16 heavy (non-hydrogen) atoms. The molecular formula is C12H14N2S2. The van der Waals surface area contributed by atoms with Crippen molar-refractivity contribution in [2.45, 2.75) is 11.4 Å². The molecule has 0 spiro atoms. The molecule has 1 heterocycles. The first kappa shape index (κ1) is 11.4. The van der Waals surface area contributed by atoms with Gasteiger partial charge in [-0.1, -0.05) is 12.1 Å². The Kier molecular flexibility index (Phi) is 3.74. The molecule has 0 amide bonds. The summed E-state index contributed by atoms with van der Waals surface area (Å²) in [6.07, 6.45) is 2.08. The van der Waals surface area contributed by atoms with E-state index in [2.05, 4.69) is 29.8 Å². The maximum absolute atomic E-state index is 5.84. The third-order valence-corrected chi connectivity index (χ3v) is 4.06. The van der Waals surface area contributed by atoms with E-state index in [1.807, 2.05) is 17.5 Å². The smallest absolute Gasteiger partial charge is 0.0515 e. The number of benzene rings is 1. The fourth-order valence-corrected chi connectivity index (χ4v) is 2.77. The van der Waals surface area contributed by atoms with Crippen LogP contribution >= 0.6 is 23.1 Å². The van der Waals surface area contributed by atoms with Crippen molar-refractivity contribution in [1.29, 1.82) is 0 Å². The molecule has 1 aromatic carbocycles. The minimum absolute atomic E-state index is 0.793. The van der Waals surface area contributed by atoms with E-state index in [9.17, 15) is 0 Å². The quantitative estimate of drug-likeness (QED) is 0.813. The van der Waals surface area contributed by atoms with Gasteiger partial charge in [-0.05, 0) is 29.8 Å². The van der Waals surface area contributed by atoms with Crippen molar-refractivity contribution in [2.75, 3.05) is 17.3 Å². The molecule has 3 N–H and O–H groups in total. The van der Waals surface area contributed by atoms with Gasteiger partial charge >= 0.3 is 0 Å². The van der Waals surface area contributed by atoms with Crippen LogP contribution in [0, 0.1) is 0 Å². The summed E-state index contributed by atoms with van der Waals surface area (Å²) in [5, 5.41) is 5.44. The average Bonchev–Trinajstić information content (AvgIpc) is 2.72. The lowest BCUT2D eigenvalue weighted by Crippen LogP contribution is -2.00. The minimum atomic E-state index is 0.793. The Hall–Kier alpha value is -1.13. The van der Waals surface area contributed by atoms with Crippen LogP contribution in [0.5, 0.6) is 0 Å². The lowest BCUT2D eigenvalue weighted by Gasteiger charge is -2.09. The van der Waals surface area contributed by atoms with Crippen LogP contribution in [-0.2, 0) is 6.54 Å². The van der Waals surface area contributed by atoms with Gasteiger partial charge in [0.15, 0.2) is 0 Å². The van der Waals surface area contributed by atoms with Crippen LogP contribution in [0.25, 0.3) is 0 Å². The average molecular weight is 250 g/mol. The molecular weight excluding hydrogens is 236 g/mol. The zero-order valence-corrected chi connectivity index (χ0v) is 10.7. The number of hydrogen-bond donors (Lipinski definition) is 2. The Morgan fingerprint density at radius 3 is 2.81 bits per heavy atom. The number of nitrogen functional groups attached to an aromatic ring is 1. The van der Waals surface area contributed by atoms with Crippen molar-refractivity contribution < 1.29 is 0 Å².